The Bertz CT molecular complexity index is 1150. The number of carbonyl (C=O) groups excluding carboxylic acids is 4. The fraction of sp³-hybridized carbons (Fsp3) is 0.448. The molecule has 3 atom stereocenters. The Hall–Kier alpha value is -3.90. The number of primary amides is 1. The predicted molar refractivity (Wildman–Crippen MR) is 150 cm³/mol. The van der Waals surface area contributed by atoms with E-state index in [9.17, 15) is 38.2 Å². The molecule has 0 bridgehead atoms. The van der Waals surface area contributed by atoms with E-state index in [2.05, 4.69) is 10.6 Å². The maximum absolute atomic E-state index is 12.9. The van der Waals surface area contributed by atoms with Gasteiger partial charge in [-0.3, -0.25) is 19.2 Å². The third kappa shape index (κ3) is 12.0. The highest BCUT2D eigenvalue weighted by atomic mass is 19.1. The first-order valence-corrected chi connectivity index (χ1v) is 13.3. The molecular weight excluding hydrogens is 538 g/mol. The highest BCUT2D eigenvalue weighted by molar-refractivity contribution is 6.04. The topological polar surface area (TPSA) is 162 Å². The molecule has 0 heterocycles. The molecule has 2 rings (SSSR count). The number of aliphatic hydroxyl groups is 2. The Morgan fingerprint density at radius 3 is 1.88 bits per heavy atom. The summed E-state index contributed by atoms with van der Waals surface area (Å²) in [4.78, 5) is 50.1. The molecule has 226 valence electrons. The molecule has 0 aliphatic rings. The van der Waals surface area contributed by atoms with Gasteiger partial charge in [-0.2, -0.15) is 0 Å². The zero-order valence-electron chi connectivity index (χ0n) is 24.0. The van der Waals surface area contributed by atoms with E-state index >= 15 is 0 Å². The van der Waals surface area contributed by atoms with Gasteiger partial charge >= 0.3 is 0 Å². The smallest absolute Gasteiger partial charge is 0.253 e. The minimum absolute atomic E-state index is 0.00816. The van der Waals surface area contributed by atoms with Crippen molar-refractivity contribution < 1.29 is 38.2 Å². The minimum atomic E-state index is -1.36. The van der Waals surface area contributed by atoms with Crippen LogP contribution in [0.4, 0.5) is 8.78 Å². The second-order valence-electron chi connectivity index (χ2n) is 9.66. The van der Waals surface area contributed by atoms with Crippen molar-refractivity contribution in [2.75, 3.05) is 19.6 Å². The molecule has 0 saturated heterocycles. The van der Waals surface area contributed by atoms with E-state index in [4.69, 9.17) is 5.73 Å². The molecule has 4 amide bonds. The van der Waals surface area contributed by atoms with Crippen LogP contribution >= 0.6 is 0 Å². The Kier molecular flexibility index (Phi) is 14.6. The van der Waals surface area contributed by atoms with Crippen molar-refractivity contribution in [3.63, 3.8) is 0 Å². The molecule has 6 N–H and O–H groups in total. The van der Waals surface area contributed by atoms with Crippen LogP contribution in [0.1, 0.15) is 77.2 Å². The standard InChI is InChI=1S/C22H34N4O6.C7H6F2/c1-5-7-26(8-6-2)22(32)17-10-15(20(23)30)9-16(11-17)21(31)24-12-18(28)19(29)13(3)25-14(4)27;1-5-2-6(8)4-7(9)3-5/h9-11,13,18-19,28-29H,5-8,12H2,1-4H3,(H2,23,30)(H,24,31)(H,25,27);2-4H,1H3. The first-order valence-electron chi connectivity index (χ1n) is 13.3. The van der Waals surface area contributed by atoms with Crippen LogP contribution in [-0.4, -0.2) is 76.6 Å². The fourth-order valence-electron chi connectivity index (χ4n) is 3.91. The molecule has 3 unspecified atom stereocenters. The Morgan fingerprint density at radius 1 is 0.902 bits per heavy atom. The van der Waals surface area contributed by atoms with Crippen molar-refractivity contribution in [1.82, 2.24) is 15.5 Å². The number of rotatable bonds is 12. The number of aliphatic hydroxyl groups excluding tert-OH is 2. The summed E-state index contributed by atoms with van der Waals surface area (Å²) in [6, 6.07) is 6.67. The van der Waals surface area contributed by atoms with Crippen LogP contribution in [0.3, 0.4) is 0 Å². The Balaban J connectivity index is 0.000000787. The number of nitrogens with two attached hydrogens (primary N) is 1. The molecule has 0 spiro atoms. The fourth-order valence-corrected chi connectivity index (χ4v) is 3.91. The van der Waals surface area contributed by atoms with Crippen molar-refractivity contribution in [2.45, 2.75) is 65.7 Å². The Morgan fingerprint density at radius 2 is 1.41 bits per heavy atom. The summed E-state index contributed by atoms with van der Waals surface area (Å²) in [7, 11) is 0. The highest BCUT2D eigenvalue weighted by Crippen LogP contribution is 2.14. The predicted octanol–water partition coefficient (Wildman–Crippen LogP) is 2.30. The van der Waals surface area contributed by atoms with Crippen LogP contribution in [0.25, 0.3) is 0 Å². The van der Waals surface area contributed by atoms with E-state index in [-0.39, 0.29) is 35.0 Å². The second kappa shape index (κ2) is 17.0. The molecule has 0 aliphatic heterocycles. The van der Waals surface area contributed by atoms with Gasteiger partial charge in [0.25, 0.3) is 11.8 Å². The summed E-state index contributed by atoms with van der Waals surface area (Å²) in [6.07, 6.45) is -1.16. The summed E-state index contributed by atoms with van der Waals surface area (Å²) >= 11 is 0. The molecule has 0 aliphatic carbocycles. The number of nitrogens with zero attached hydrogens (tertiary/aromatic N) is 1. The van der Waals surface area contributed by atoms with Crippen LogP contribution in [0.5, 0.6) is 0 Å². The second-order valence-corrected chi connectivity index (χ2v) is 9.66. The maximum Gasteiger partial charge on any atom is 0.253 e. The van der Waals surface area contributed by atoms with Crippen molar-refractivity contribution in [3.8, 4) is 0 Å². The summed E-state index contributed by atoms with van der Waals surface area (Å²) in [5.74, 6) is -3.16. The van der Waals surface area contributed by atoms with Crippen molar-refractivity contribution in [1.29, 1.82) is 0 Å². The third-order valence-electron chi connectivity index (χ3n) is 5.82. The molecule has 10 nitrogen and oxygen atoms in total. The van der Waals surface area contributed by atoms with E-state index in [0.29, 0.717) is 18.7 Å². The van der Waals surface area contributed by atoms with Gasteiger partial charge in [0, 0.05) is 49.3 Å². The van der Waals surface area contributed by atoms with Gasteiger partial charge < -0.3 is 31.5 Å². The lowest BCUT2D eigenvalue weighted by Gasteiger charge is -2.24. The van der Waals surface area contributed by atoms with Crippen molar-refractivity contribution in [3.05, 3.63) is 70.3 Å². The Labute approximate surface area is 238 Å². The number of amides is 4. The number of aryl methyl sites for hydroxylation is 1. The normalized spacial score (nSPS) is 12.7. The molecule has 12 heteroatoms. The van der Waals surface area contributed by atoms with E-state index in [1.807, 2.05) is 13.8 Å². The lowest BCUT2D eigenvalue weighted by Crippen LogP contribution is -2.49. The lowest BCUT2D eigenvalue weighted by molar-refractivity contribution is -0.121. The molecule has 0 radical (unpaired) electrons. The zero-order chi connectivity index (χ0) is 31.3. The van der Waals surface area contributed by atoms with Crippen molar-refractivity contribution >= 4 is 23.6 Å². The van der Waals surface area contributed by atoms with Gasteiger partial charge in [-0.1, -0.05) is 13.8 Å². The molecule has 41 heavy (non-hydrogen) atoms. The summed E-state index contributed by atoms with van der Waals surface area (Å²) in [5, 5.41) is 25.1. The largest absolute Gasteiger partial charge is 0.388 e. The van der Waals surface area contributed by atoms with Gasteiger partial charge in [-0.05, 0) is 62.6 Å². The minimum Gasteiger partial charge on any atom is -0.388 e. The van der Waals surface area contributed by atoms with Gasteiger partial charge in [-0.15, -0.1) is 0 Å². The van der Waals surface area contributed by atoms with Crippen molar-refractivity contribution in [2.24, 2.45) is 5.73 Å². The number of hydrogen-bond donors (Lipinski definition) is 5. The molecule has 0 saturated carbocycles. The molecular formula is C29H40F2N4O6. The van der Waals surface area contributed by atoms with Gasteiger partial charge in [0.05, 0.1) is 12.1 Å². The monoisotopic (exact) mass is 578 g/mol. The lowest BCUT2D eigenvalue weighted by atomic mass is 10.0. The quantitative estimate of drug-likeness (QED) is 0.260. The molecule has 0 aromatic heterocycles. The van der Waals surface area contributed by atoms with Gasteiger partial charge in [0.2, 0.25) is 11.8 Å². The number of halogens is 2. The van der Waals surface area contributed by atoms with Gasteiger partial charge in [-0.25, -0.2) is 8.78 Å². The third-order valence-corrected chi connectivity index (χ3v) is 5.82. The highest BCUT2D eigenvalue weighted by Gasteiger charge is 2.25. The molecule has 0 fully saturated rings. The first kappa shape index (κ1) is 35.1. The molecule has 2 aromatic carbocycles. The molecule has 2 aromatic rings. The van der Waals surface area contributed by atoms with Crippen LogP contribution < -0.4 is 16.4 Å². The number of nitrogens with one attached hydrogen (secondary N) is 2. The van der Waals surface area contributed by atoms with Crippen LogP contribution in [0.15, 0.2) is 36.4 Å². The van der Waals surface area contributed by atoms with E-state index in [1.54, 1.807) is 11.8 Å². The van der Waals surface area contributed by atoms with Crippen LogP contribution in [0, 0.1) is 18.6 Å². The summed E-state index contributed by atoms with van der Waals surface area (Å²) in [6.45, 7) is 9.09. The van der Waals surface area contributed by atoms with E-state index in [1.165, 1.54) is 44.2 Å². The number of carbonyl (C=O) groups is 4. The zero-order valence-corrected chi connectivity index (χ0v) is 24.0. The number of hydrogen-bond acceptors (Lipinski definition) is 6. The average molecular weight is 579 g/mol. The van der Waals surface area contributed by atoms with Crippen LogP contribution in [0.2, 0.25) is 0 Å². The summed E-state index contributed by atoms with van der Waals surface area (Å²) in [5.41, 5.74) is 6.17. The number of benzene rings is 2. The average Bonchev–Trinajstić information content (AvgIpc) is 2.89. The van der Waals surface area contributed by atoms with E-state index in [0.717, 1.165) is 18.9 Å². The summed E-state index contributed by atoms with van der Waals surface area (Å²) < 4.78 is 24.4. The van der Waals surface area contributed by atoms with E-state index < -0.39 is 41.7 Å². The SMILES string of the molecule is CCCN(CCC)C(=O)c1cc(C(N)=O)cc(C(=O)NCC(O)C(O)C(C)NC(C)=O)c1.Cc1cc(F)cc(F)c1. The maximum atomic E-state index is 12.9. The first-order chi connectivity index (χ1) is 19.2. The van der Waals surface area contributed by atoms with Gasteiger partial charge in [0.1, 0.15) is 17.7 Å². The van der Waals surface area contributed by atoms with Crippen LogP contribution in [-0.2, 0) is 4.79 Å². The van der Waals surface area contributed by atoms with Gasteiger partial charge in [0.15, 0.2) is 0 Å².